The fourth-order valence-corrected chi connectivity index (χ4v) is 2.07. The van der Waals surface area contributed by atoms with Crippen LogP contribution in [0.1, 0.15) is 39.7 Å². The molecule has 0 saturated carbocycles. The van der Waals surface area contributed by atoms with Gasteiger partial charge in [0.25, 0.3) is 0 Å². The number of aliphatic hydroxyl groups excluding tert-OH is 1. The summed E-state index contributed by atoms with van der Waals surface area (Å²) in [6, 6.07) is 7.44. The van der Waals surface area contributed by atoms with Crippen molar-refractivity contribution < 1.29 is 14.6 Å². The van der Waals surface area contributed by atoms with Gasteiger partial charge in [0.05, 0.1) is 6.10 Å². The number of benzene rings is 1. The van der Waals surface area contributed by atoms with E-state index >= 15 is 0 Å². The van der Waals surface area contributed by atoms with Gasteiger partial charge >= 0.3 is 6.03 Å². The molecular formula is C17H28N2O3. The van der Waals surface area contributed by atoms with E-state index in [0.717, 1.165) is 11.3 Å². The SMILES string of the molecule is CC(C)Oc1ccc(CNC(=O)NC(CCO)C(C)C)cc1. The molecule has 0 aliphatic heterocycles. The van der Waals surface area contributed by atoms with Gasteiger partial charge in [-0.2, -0.15) is 0 Å². The molecule has 1 rings (SSSR count). The van der Waals surface area contributed by atoms with Gasteiger partial charge < -0.3 is 20.5 Å². The molecular weight excluding hydrogens is 280 g/mol. The van der Waals surface area contributed by atoms with Crippen molar-refractivity contribution in [3.63, 3.8) is 0 Å². The van der Waals surface area contributed by atoms with E-state index in [1.165, 1.54) is 0 Å². The number of carbonyl (C=O) groups is 1. The number of nitrogens with one attached hydrogen (secondary N) is 2. The van der Waals surface area contributed by atoms with Crippen LogP contribution in [0.4, 0.5) is 4.79 Å². The van der Waals surface area contributed by atoms with Crippen molar-refractivity contribution in [3.8, 4) is 5.75 Å². The van der Waals surface area contributed by atoms with E-state index in [1.54, 1.807) is 0 Å². The molecule has 1 aromatic rings. The zero-order valence-corrected chi connectivity index (χ0v) is 13.9. The van der Waals surface area contributed by atoms with E-state index in [-0.39, 0.29) is 30.7 Å². The molecule has 5 heteroatoms. The Bertz CT molecular complexity index is 444. The Morgan fingerprint density at radius 2 is 1.82 bits per heavy atom. The first-order valence-corrected chi connectivity index (χ1v) is 7.83. The molecule has 0 radical (unpaired) electrons. The molecule has 22 heavy (non-hydrogen) atoms. The summed E-state index contributed by atoms with van der Waals surface area (Å²) in [5.74, 6) is 1.11. The van der Waals surface area contributed by atoms with Gasteiger partial charge in [0, 0.05) is 19.2 Å². The van der Waals surface area contributed by atoms with Gasteiger partial charge in [0.1, 0.15) is 5.75 Å². The van der Waals surface area contributed by atoms with Gasteiger partial charge in [-0.3, -0.25) is 0 Å². The van der Waals surface area contributed by atoms with Crippen LogP contribution in [0, 0.1) is 5.92 Å². The molecule has 0 aromatic heterocycles. The molecule has 1 atom stereocenters. The highest BCUT2D eigenvalue weighted by molar-refractivity contribution is 5.74. The standard InChI is InChI=1S/C17H28N2O3/c1-12(2)16(9-10-20)19-17(21)18-11-14-5-7-15(8-6-14)22-13(3)4/h5-8,12-13,16,20H,9-11H2,1-4H3,(H2,18,19,21). The van der Waals surface area contributed by atoms with Crippen molar-refractivity contribution in [1.29, 1.82) is 0 Å². The van der Waals surface area contributed by atoms with E-state index in [0.29, 0.717) is 13.0 Å². The Morgan fingerprint density at radius 1 is 1.18 bits per heavy atom. The summed E-state index contributed by atoms with van der Waals surface area (Å²) in [5.41, 5.74) is 1.01. The molecule has 0 aliphatic carbocycles. The first-order chi connectivity index (χ1) is 10.4. The number of ether oxygens (including phenoxy) is 1. The molecule has 124 valence electrons. The predicted molar refractivity (Wildman–Crippen MR) is 87.9 cm³/mol. The number of urea groups is 1. The topological polar surface area (TPSA) is 70.6 Å². The lowest BCUT2D eigenvalue weighted by Crippen LogP contribution is -2.44. The highest BCUT2D eigenvalue weighted by atomic mass is 16.5. The number of hydrogen-bond acceptors (Lipinski definition) is 3. The van der Waals surface area contributed by atoms with E-state index < -0.39 is 0 Å². The number of carbonyl (C=O) groups excluding carboxylic acids is 1. The van der Waals surface area contributed by atoms with Crippen LogP contribution in [0.2, 0.25) is 0 Å². The van der Waals surface area contributed by atoms with Crippen molar-refractivity contribution in [2.75, 3.05) is 6.61 Å². The van der Waals surface area contributed by atoms with Gasteiger partial charge in [-0.25, -0.2) is 4.79 Å². The van der Waals surface area contributed by atoms with E-state index in [4.69, 9.17) is 9.84 Å². The maximum absolute atomic E-state index is 11.9. The van der Waals surface area contributed by atoms with Crippen molar-refractivity contribution in [1.82, 2.24) is 10.6 Å². The molecule has 1 aromatic carbocycles. The highest BCUT2D eigenvalue weighted by Gasteiger charge is 2.15. The zero-order valence-electron chi connectivity index (χ0n) is 13.9. The summed E-state index contributed by atoms with van der Waals surface area (Å²) in [4.78, 5) is 11.9. The first kappa shape index (κ1) is 18.3. The van der Waals surface area contributed by atoms with E-state index in [2.05, 4.69) is 10.6 Å². The third kappa shape index (κ3) is 6.80. The summed E-state index contributed by atoms with van der Waals surface area (Å²) in [6.45, 7) is 8.54. The third-order valence-electron chi connectivity index (χ3n) is 3.31. The van der Waals surface area contributed by atoms with Crippen LogP contribution in [0.15, 0.2) is 24.3 Å². The van der Waals surface area contributed by atoms with Crippen LogP contribution in [0.5, 0.6) is 5.75 Å². The molecule has 0 heterocycles. The highest BCUT2D eigenvalue weighted by Crippen LogP contribution is 2.13. The van der Waals surface area contributed by atoms with Crippen molar-refractivity contribution in [2.45, 2.75) is 52.8 Å². The fourth-order valence-electron chi connectivity index (χ4n) is 2.07. The van der Waals surface area contributed by atoms with Gasteiger partial charge in [0.15, 0.2) is 0 Å². The molecule has 2 amide bonds. The van der Waals surface area contributed by atoms with Crippen LogP contribution >= 0.6 is 0 Å². The second kappa shape index (κ2) is 9.30. The second-order valence-corrected chi connectivity index (χ2v) is 6.00. The minimum Gasteiger partial charge on any atom is -0.491 e. The number of amides is 2. The summed E-state index contributed by atoms with van der Waals surface area (Å²) < 4.78 is 5.58. The van der Waals surface area contributed by atoms with Crippen LogP contribution in [-0.2, 0) is 6.54 Å². The molecule has 0 aliphatic rings. The first-order valence-electron chi connectivity index (χ1n) is 7.83. The lowest BCUT2D eigenvalue weighted by atomic mass is 10.0. The quantitative estimate of drug-likeness (QED) is 0.691. The summed E-state index contributed by atoms with van der Waals surface area (Å²) in [7, 11) is 0. The molecule has 0 bridgehead atoms. The summed E-state index contributed by atoms with van der Waals surface area (Å²) in [6.07, 6.45) is 0.709. The molecule has 1 unspecified atom stereocenters. The zero-order chi connectivity index (χ0) is 16.5. The van der Waals surface area contributed by atoms with Gasteiger partial charge in [-0.15, -0.1) is 0 Å². The normalized spacial score (nSPS) is 12.3. The Balaban J connectivity index is 2.43. The predicted octanol–water partition coefficient (Wildman–Crippen LogP) is 2.68. The third-order valence-corrected chi connectivity index (χ3v) is 3.31. The average Bonchev–Trinajstić information content (AvgIpc) is 2.45. The number of hydrogen-bond donors (Lipinski definition) is 3. The molecule has 5 nitrogen and oxygen atoms in total. The second-order valence-electron chi connectivity index (χ2n) is 6.00. The van der Waals surface area contributed by atoms with Gasteiger partial charge in [0.2, 0.25) is 0 Å². The Hall–Kier alpha value is -1.75. The maximum atomic E-state index is 11.9. The largest absolute Gasteiger partial charge is 0.491 e. The van der Waals surface area contributed by atoms with E-state index in [1.807, 2.05) is 52.0 Å². The van der Waals surface area contributed by atoms with Gasteiger partial charge in [-0.05, 0) is 43.9 Å². The molecule has 0 spiro atoms. The molecule has 0 saturated heterocycles. The molecule has 3 N–H and O–H groups in total. The van der Waals surface area contributed by atoms with Crippen molar-refractivity contribution >= 4 is 6.03 Å². The average molecular weight is 308 g/mol. The Labute approximate surface area is 133 Å². The van der Waals surface area contributed by atoms with Gasteiger partial charge in [-0.1, -0.05) is 26.0 Å². The van der Waals surface area contributed by atoms with Crippen molar-refractivity contribution in [3.05, 3.63) is 29.8 Å². The lowest BCUT2D eigenvalue weighted by Gasteiger charge is -2.21. The minimum atomic E-state index is -0.213. The summed E-state index contributed by atoms with van der Waals surface area (Å²) >= 11 is 0. The fraction of sp³-hybridized carbons (Fsp3) is 0.588. The number of aliphatic hydroxyl groups is 1. The Kier molecular flexibility index (Phi) is 7.74. The summed E-state index contributed by atoms with van der Waals surface area (Å²) in [5, 5.41) is 14.7. The van der Waals surface area contributed by atoms with Crippen LogP contribution < -0.4 is 15.4 Å². The molecule has 0 fully saturated rings. The number of rotatable bonds is 8. The van der Waals surface area contributed by atoms with Crippen LogP contribution in [0.3, 0.4) is 0 Å². The minimum absolute atomic E-state index is 0.0215. The maximum Gasteiger partial charge on any atom is 0.315 e. The monoisotopic (exact) mass is 308 g/mol. The van der Waals surface area contributed by atoms with E-state index in [9.17, 15) is 4.79 Å². The smallest absolute Gasteiger partial charge is 0.315 e. The Morgan fingerprint density at radius 3 is 2.32 bits per heavy atom. The lowest BCUT2D eigenvalue weighted by molar-refractivity contribution is 0.218. The van der Waals surface area contributed by atoms with Crippen LogP contribution in [-0.4, -0.2) is 29.9 Å². The van der Waals surface area contributed by atoms with Crippen molar-refractivity contribution in [2.24, 2.45) is 5.92 Å². The van der Waals surface area contributed by atoms with Crippen LogP contribution in [0.25, 0.3) is 0 Å².